The van der Waals surface area contributed by atoms with Crippen LogP contribution in [0.4, 0.5) is 13.2 Å². The highest BCUT2D eigenvalue weighted by molar-refractivity contribution is 7.89. The number of nitrogens with zero attached hydrogens (tertiary/aromatic N) is 1. The molecule has 2 rings (SSSR count). The second-order valence-corrected chi connectivity index (χ2v) is 8.33. The number of carbonyl (C=O) groups excluding carboxylic acids is 1. The van der Waals surface area contributed by atoms with E-state index in [0.29, 0.717) is 12.1 Å². The minimum absolute atomic E-state index is 0.146. The molecule has 2 N–H and O–H groups in total. The highest BCUT2D eigenvalue weighted by Crippen LogP contribution is 2.18. The molecule has 0 fully saturated rings. The van der Waals surface area contributed by atoms with Crippen LogP contribution in [0.15, 0.2) is 47.4 Å². The number of amides is 1. The van der Waals surface area contributed by atoms with Gasteiger partial charge in [-0.05, 0) is 50.0 Å². The van der Waals surface area contributed by atoms with Crippen molar-refractivity contribution in [3.05, 3.63) is 65.5 Å². The Morgan fingerprint density at radius 2 is 1.69 bits per heavy atom. The van der Waals surface area contributed by atoms with E-state index in [1.165, 1.54) is 12.1 Å². The van der Waals surface area contributed by atoms with E-state index in [9.17, 15) is 26.4 Å². The molecule has 2 aromatic rings. The molecule has 0 heterocycles. The van der Waals surface area contributed by atoms with E-state index >= 15 is 0 Å². The SMILES string of the molecule is CN(C)C(CNC(=O)CCNS(=O)(=O)c1ccc(F)c(F)c1)c1ccc(F)cc1. The van der Waals surface area contributed by atoms with Gasteiger partial charge in [0.05, 0.1) is 10.9 Å². The van der Waals surface area contributed by atoms with Gasteiger partial charge in [-0.15, -0.1) is 0 Å². The van der Waals surface area contributed by atoms with Gasteiger partial charge in [-0.3, -0.25) is 4.79 Å². The maximum atomic E-state index is 13.2. The van der Waals surface area contributed by atoms with Gasteiger partial charge in [0.1, 0.15) is 5.82 Å². The molecular formula is C19H22F3N3O3S. The highest BCUT2D eigenvalue weighted by atomic mass is 32.2. The van der Waals surface area contributed by atoms with Crippen LogP contribution in [0.5, 0.6) is 0 Å². The van der Waals surface area contributed by atoms with Gasteiger partial charge in [-0.25, -0.2) is 26.3 Å². The van der Waals surface area contributed by atoms with E-state index in [1.54, 1.807) is 12.1 Å². The van der Waals surface area contributed by atoms with Gasteiger partial charge >= 0.3 is 0 Å². The van der Waals surface area contributed by atoms with Crippen molar-refractivity contribution < 1.29 is 26.4 Å². The molecule has 0 spiro atoms. The Labute approximate surface area is 167 Å². The number of carbonyl (C=O) groups is 1. The number of halogens is 3. The first kappa shape index (κ1) is 22.9. The Kier molecular flexibility index (Phi) is 7.77. The summed E-state index contributed by atoms with van der Waals surface area (Å²) in [6, 6.07) is 7.95. The third kappa shape index (κ3) is 6.55. The van der Waals surface area contributed by atoms with Crippen LogP contribution in [0.3, 0.4) is 0 Å². The Bertz CT molecular complexity index is 951. The normalized spacial score (nSPS) is 12.8. The molecule has 1 amide bonds. The van der Waals surface area contributed by atoms with Crippen molar-refractivity contribution in [3.8, 4) is 0 Å². The van der Waals surface area contributed by atoms with Crippen LogP contribution >= 0.6 is 0 Å². The van der Waals surface area contributed by atoms with Crippen molar-refractivity contribution in [3.63, 3.8) is 0 Å². The summed E-state index contributed by atoms with van der Waals surface area (Å²) in [5.74, 6) is -3.18. The largest absolute Gasteiger partial charge is 0.354 e. The number of nitrogens with one attached hydrogen (secondary N) is 2. The molecule has 10 heteroatoms. The predicted molar refractivity (Wildman–Crippen MR) is 102 cm³/mol. The van der Waals surface area contributed by atoms with Gasteiger partial charge < -0.3 is 10.2 Å². The first-order chi connectivity index (χ1) is 13.6. The van der Waals surface area contributed by atoms with Crippen LogP contribution in [-0.4, -0.2) is 46.4 Å². The summed E-state index contributed by atoms with van der Waals surface area (Å²) in [6.07, 6.45) is -0.146. The van der Waals surface area contributed by atoms with Crippen LogP contribution in [0, 0.1) is 17.5 Å². The highest BCUT2D eigenvalue weighted by Gasteiger charge is 2.18. The fourth-order valence-electron chi connectivity index (χ4n) is 2.61. The lowest BCUT2D eigenvalue weighted by molar-refractivity contribution is -0.121. The van der Waals surface area contributed by atoms with E-state index in [4.69, 9.17) is 0 Å². The van der Waals surface area contributed by atoms with Crippen molar-refractivity contribution >= 4 is 15.9 Å². The lowest BCUT2D eigenvalue weighted by atomic mass is 10.1. The Hall–Kier alpha value is -2.43. The van der Waals surface area contributed by atoms with Gasteiger partial charge in [0, 0.05) is 19.5 Å². The molecule has 2 aromatic carbocycles. The summed E-state index contributed by atoms with van der Waals surface area (Å²) in [5, 5.41) is 2.70. The lowest BCUT2D eigenvalue weighted by Gasteiger charge is -2.25. The maximum absolute atomic E-state index is 13.2. The summed E-state index contributed by atoms with van der Waals surface area (Å²) in [7, 11) is -0.436. The first-order valence-electron chi connectivity index (χ1n) is 8.73. The van der Waals surface area contributed by atoms with Crippen molar-refractivity contribution in [1.82, 2.24) is 14.9 Å². The fraction of sp³-hybridized carbons (Fsp3) is 0.316. The molecule has 158 valence electrons. The van der Waals surface area contributed by atoms with E-state index in [-0.39, 0.29) is 31.4 Å². The molecule has 1 atom stereocenters. The van der Waals surface area contributed by atoms with Gasteiger partial charge in [-0.2, -0.15) is 0 Å². The molecule has 0 aromatic heterocycles. The smallest absolute Gasteiger partial charge is 0.240 e. The van der Waals surface area contributed by atoms with Gasteiger partial charge in [0.2, 0.25) is 15.9 Å². The molecule has 0 aliphatic rings. The molecular weight excluding hydrogens is 407 g/mol. The van der Waals surface area contributed by atoms with Crippen molar-refractivity contribution in [2.45, 2.75) is 17.4 Å². The standard InChI is InChI=1S/C19H22F3N3O3S/c1-25(2)18(13-3-5-14(20)6-4-13)12-23-19(26)9-10-24-29(27,28)15-7-8-16(21)17(22)11-15/h3-8,11,18,24H,9-10,12H2,1-2H3,(H,23,26). The second-order valence-electron chi connectivity index (χ2n) is 6.56. The number of likely N-dealkylation sites (N-methyl/N-ethyl adjacent to an activating group) is 1. The van der Waals surface area contributed by atoms with Crippen LogP contribution in [-0.2, 0) is 14.8 Å². The summed E-state index contributed by atoms with van der Waals surface area (Å²) in [4.78, 5) is 13.5. The number of hydrogen-bond donors (Lipinski definition) is 2. The summed E-state index contributed by atoms with van der Waals surface area (Å²) < 4.78 is 65.5. The Morgan fingerprint density at radius 1 is 1.03 bits per heavy atom. The molecule has 1 unspecified atom stereocenters. The first-order valence-corrected chi connectivity index (χ1v) is 10.2. The third-order valence-corrected chi connectivity index (χ3v) is 5.67. The summed E-state index contributed by atoms with van der Waals surface area (Å²) in [6.45, 7) is 0.0315. The fourth-order valence-corrected chi connectivity index (χ4v) is 3.65. The quantitative estimate of drug-likeness (QED) is 0.641. The number of sulfonamides is 1. The zero-order chi connectivity index (χ0) is 21.6. The monoisotopic (exact) mass is 429 g/mol. The molecule has 6 nitrogen and oxygen atoms in total. The van der Waals surface area contributed by atoms with Crippen LogP contribution in [0.25, 0.3) is 0 Å². The van der Waals surface area contributed by atoms with Gasteiger partial charge in [0.15, 0.2) is 11.6 Å². The van der Waals surface area contributed by atoms with E-state index in [1.807, 2.05) is 19.0 Å². The Balaban J connectivity index is 1.87. The third-order valence-electron chi connectivity index (χ3n) is 4.22. The van der Waals surface area contributed by atoms with E-state index in [0.717, 1.165) is 11.6 Å². The van der Waals surface area contributed by atoms with Crippen LogP contribution < -0.4 is 10.0 Å². The number of benzene rings is 2. The molecule has 29 heavy (non-hydrogen) atoms. The average Bonchev–Trinajstić information content (AvgIpc) is 2.65. The second kappa shape index (κ2) is 9.86. The average molecular weight is 429 g/mol. The molecule has 0 bridgehead atoms. The minimum Gasteiger partial charge on any atom is -0.354 e. The molecule has 0 aliphatic heterocycles. The molecule has 0 saturated carbocycles. The summed E-state index contributed by atoms with van der Waals surface area (Å²) in [5.41, 5.74) is 0.815. The van der Waals surface area contributed by atoms with Crippen molar-refractivity contribution in [2.75, 3.05) is 27.2 Å². The van der Waals surface area contributed by atoms with Gasteiger partial charge in [0.25, 0.3) is 0 Å². The number of hydrogen-bond acceptors (Lipinski definition) is 4. The number of rotatable bonds is 9. The predicted octanol–water partition coefficient (Wildman–Crippen LogP) is 2.19. The molecule has 0 aliphatic carbocycles. The lowest BCUT2D eigenvalue weighted by Crippen LogP contribution is -2.36. The van der Waals surface area contributed by atoms with Gasteiger partial charge in [-0.1, -0.05) is 12.1 Å². The van der Waals surface area contributed by atoms with Crippen LogP contribution in [0.2, 0.25) is 0 Å². The molecule has 0 radical (unpaired) electrons. The van der Waals surface area contributed by atoms with E-state index < -0.39 is 32.5 Å². The maximum Gasteiger partial charge on any atom is 0.240 e. The topological polar surface area (TPSA) is 78.5 Å². The minimum atomic E-state index is -4.07. The Morgan fingerprint density at radius 3 is 2.28 bits per heavy atom. The summed E-state index contributed by atoms with van der Waals surface area (Å²) >= 11 is 0. The van der Waals surface area contributed by atoms with Crippen molar-refractivity contribution in [2.24, 2.45) is 0 Å². The van der Waals surface area contributed by atoms with E-state index in [2.05, 4.69) is 10.0 Å². The van der Waals surface area contributed by atoms with Crippen LogP contribution in [0.1, 0.15) is 18.0 Å². The zero-order valence-corrected chi connectivity index (χ0v) is 16.8. The zero-order valence-electron chi connectivity index (χ0n) is 16.0. The van der Waals surface area contributed by atoms with Crippen molar-refractivity contribution in [1.29, 1.82) is 0 Å². The molecule has 0 saturated heterocycles.